The second-order valence-electron chi connectivity index (χ2n) is 5.88. The van der Waals surface area contributed by atoms with Gasteiger partial charge in [-0.15, -0.1) is 0 Å². The van der Waals surface area contributed by atoms with Crippen LogP contribution in [0.4, 0.5) is 5.13 Å². The Hall–Kier alpha value is -2.90. The Kier molecular flexibility index (Phi) is 4.33. The van der Waals surface area contributed by atoms with E-state index in [2.05, 4.69) is 10.3 Å². The molecule has 6 nitrogen and oxygen atoms in total. The molecule has 0 aliphatic rings. The molecule has 8 heteroatoms. The van der Waals surface area contributed by atoms with Gasteiger partial charge in [0.05, 0.1) is 15.7 Å². The number of carbonyl (C=O) groups is 1. The number of aromatic hydroxyl groups is 1. The van der Waals surface area contributed by atoms with Crippen LogP contribution in [-0.4, -0.2) is 20.6 Å². The first kappa shape index (κ1) is 17.5. The molecule has 2 heterocycles. The standard InChI is InChI=1S/C19H14ClN3O3S/c1-2-23-13-6-4-3-5-11(13)16(24)15(18(23)26)17(25)22-19-21-12-8-7-10(20)9-14(12)27-19/h3-9,24H,2H2,1H3,(H,21,22,25). The maximum absolute atomic E-state index is 12.8. The number of halogens is 1. The number of benzene rings is 2. The van der Waals surface area contributed by atoms with E-state index in [9.17, 15) is 14.7 Å². The van der Waals surface area contributed by atoms with Gasteiger partial charge in [-0.2, -0.15) is 0 Å². The number of hydrogen-bond donors (Lipinski definition) is 2. The van der Waals surface area contributed by atoms with Gasteiger partial charge in [0.1, 0.15) is 11.3 Å². The van der Waals surface area contributed by atoms with E-state index < -0.39 is 11.5 Å². The van der Waals surface area contributed by atoms with E-state index in [1.807, 2.05) is 6.92 Å². The number of pyridine rings is 1. The maximum atomic E-state index is 12.8. The molecule has 4 rings (SSSR count). The van der Waals surface area contributed by atoms with Crippen molar-refractivity contribution in [3.8, 4) is 5.75 Å². The summed E-state index contributed by atoms with van der Waals surface area (Å²) in [5.41, 5.74) is 0.422. The van der Waals surface area contributed by atoms with Crippen LogP contribution in [-0.2, 0) is 6.54 Å². The number of nitrogens with zero attached hydrogens (tertiary/aromatic N) is 2. The van der Waals surface area contributed by atoms with Gasteiger partial charge in [-0.1, -0.05) is 35.1 Å². The maximum Gasteiger partial charge on any atom is 0.267 e. The quantitative estimate of drug-likeness (QED) is 0.539. The molecule has 0 fully saturated rings. The fraction of sp³-hybridized carbons (Fsp3) is 0.105. The summed E-state index contributed by atoms with van der Waals surface area (Å²) in [5.74, 6) is -1.03. The molecule has 0 unspecified atom stereocenters. The number of amides is 1. The van der Waals surface area contributed by atoms with Crippen molar-refractivity contribution in [3.63, 3.8) is 0 Å². The Morgan fingerprint density at radius 1 is 1.30 bits per heavy atom. The number of anilines is 1. The van der Waals surface area contributed by atoms with E-state index in [0.29, 0.717) is 33.1 Å². The zero-order valence-electron chi connectivity index (χ0n) is 14.2. The lowest BCUT2D eigenvalue weighted by molar-refractivity contribution is 0.102. The molecule has 0 radical (unpaired) electrons. The molecule has 0 aliphatic carbocycles. The molecule has 2 aromatic carbocycles. The number of thiazole rings is 1. The van der Waals surface area contributed by atoms with Gasteiger partial charge in [0.15, 0.2) is 5.13 Å². The summed E-state index contributed by atoms with van der Waals surface area (Å²) in [5, 5.41) is 14.5. The predicted molar refractivity (Wildman–Crippen MR) is 108 cm³/mol. The van der Waals surface area contributed by atoms with Gasteiger partial charge in [-0.05, 0) is 37.3 Å². The highest BCUT2D eigenvalue weighted by atomic mass is 35.5. The van der Waals surface area contributed by atoms with Crippen LogP contribution in [0.1, 0.15) is 17.3 Å². The largest absolute Gasteiger partial charge is 0.506 e. The summed E-state index contributed by atoms with van der Waals surface area (Å²) in [4.78, 5) is 29.9. The van der Waals surface area contributed by atoms with Crippen LogP contribution in [0, 0.1) is 0 Å². The van der Waals surface area contributed by atoms with Crippen LogP contribution in [0.25, 0.3) is 21.1 Å². The van der Waals surface area contributed by atoms with Crippen LogP contribution in [0.15, 0.2) is 47.3 Å². The first-order valence-corrected chi connectivity index (χ1v) is 9.41. The summed E-state index contributed by atoms with van der Waals surface area (Å²) < 4.78 is 2.27. The molecule has 2 aromatic heterocycles. The minimum atomic E-state index is -0.699. The molecule has 0 aliphatic heterocycles. The molecule has 0 saturated carbocycles. The molecular formula is C19H14ClN3O3S. The van der Waals surface area contributed by atoms with Crippen molar-refractivity contribution in [2.75, 3.05) is 5.32 Å². The minimum absolute atomic E-state index is 0.298. The number of aromatic nitrogens is 2. The molecule has 4 aromatic rings. The van der Waals surface area contributed by atoms with Gasteiger partial charge in [0.2, 0.25) is 0 Å². The van der Waals surface area contributed by atoms with Crippen LogP contribution in [0.3, 0.4) is 0 Å². The molecule has 1 amide bonds. The van der Waals surface area contributed by atoms with E-state index in [0.717, 1.165) is 4.70 Å². The zero-order chi connectivity index (χ0) is 19.1. The minimum Gasteiger partial charge on any atom is -0.506 e. The smallest absolute Gasteiger partial charge is 0.267 e. The molecule has 2 N–H and O–H groups in total. The molecule has 27 heavy (non-hydrogen) atoms. The summed E-state index contributed by atoms with van der Waals surface area (Å²) in [6, 6.07) is 12.1. The predicted octanol–water partition coefficient (Wildman–Crippen LogP) is 4.24. The zero-order valence-corrected chi connectivity index (χ0v) is 15.8. The number of hydrogen-bond acceptors (Lipinski definition) is 5. The highest BCUT2D eigenvalue weighted by molar-refractivity contribution is 7.22. The first-order valence-electron chi connectivity index (χ1n) is 8.21. The molecule has 136 valence electrons. The molecular weight excluding hydrogens is 386 g/mol. The van der Waals surface area contributed by atoms with Crippen molar-refractivity contribution in [2.45, 2.75) is 13.5 Å². The summed E-state index contributed by atoms with van der Waals surface area (Å²) >= 11 is 7.22. The third kappa shape index (κ3) is 2.94. The Morgan fingerprint density at radius 3 is 2.85 bits per heavy atom. The summed E-state index contributed by atoms with van der Waals surface area (Å²) in [6.45, 7) is 2.18. The van der Waals surface area contributed by atoms with Gasteiger partial charge in [-0.3, -0.25) is 14.9 Å². The van der Waals surface area contributed by atoms with Crippen molar-refractivity contribution in [2.24, 2.45) is 0 Å². The highest BCUT2D eigenvalue weighted by Gasteiger charge is 2.22. The summed E-state index contributed by atoms with van der Waals surface area (Å²) in [7, 11) is 0. The third-order valence-electron chi connectivity index (χ3n) is 4.26. The van der Waals surface area contributed by atoms with Gasteiger partial charge in [0.25, 0.3) is 11.5 Å². The first-order chi connectivity index (χ1) is 13.0. The van der Waals surface area contributed by atoms with Crippen LogP contribution < -0.4 is 10.9 Å². The normalized spacial score (nSPS) is 11.2. The van der Waals surface area contributed by atoms with Gasteiger partial charge in [0, 0.05) is 17.0 Å². The van der Waals surface area contributed by atoms with Crippen molar-refractivity contribution in [1.29, 1.82) is 0 Å². The lowest BCUT2D eigenvalue weighted by Crippen LogP contribution is -2.29. The average Bonchev–Trinajstić information content (AvgIpc) is 3.03. The molecule has 0 spiro atoms. The molecule has 0 atom stereocenters. The van der Waals surface area contributed by atoms with Crippen LogP contribution in [0.2, 0.25) is 5.02 Å². The highest BCUT2D eigenvalue weighted by Crippen LogP contribution is 2.30. The van der Waals surface area contributed by atoms with E-state index in [4.69, 9.17) is 11.6 Å². The second-order valence-corrected chi connectivity index (χ2v) is 7.34. The van der Waals surface area contributed by atoms with E-state index in [1.54, 1.807) is 42.5 Å². The van der Waals surface area contributed by atoms with Crippen LogP contribution >= 0.6 is 22.9 Å². The van der Waals surface area contributed by atoms with Crippen LogP contribution in [0.5, 0.6) is 5.75 Å². The second kappa shape index (κ2) is 6.68. The lowest BCUT2D eigenvalue weighted by atomic mass is 10.1. The van der Waals surface area contributed by atoms with E-state index in [1.165, 1.54) is 15.9 Å². The monoisotopic (exact) mass is 399 g/mol. The van der Waals surface area contributed by atoms with E-state index in [-0.39, 0.29) is 11.3 Å². The number of para-hydroxylation sites is 1. The number of nitrogens with one attached hydrogen (secondary N) is 1. The fourth-order valence-electron chi connectivity index (χ4n) is 3.02. The SMILES string of the molecule is CCn1c(=O)c(C(=O)Nc2nc3ccc(Cl)cc3s2)c(O)c2ccccc21. The number of rotatable bonds is 3. The topological polar surface area (TPSA) is 84.2 Å². The molecule has 0 bridgehead atoms. The number of fused-ring (bicyclic) bond motifs is 2. The van der Waals surface area contributed by atoms with E-state index >= 15 is 0 Å². The number of carbonyl (C=O) groups excluding carboxylic acids is 1. The Balaban J connectivity index is 1.81. The fourth-order valence-corrected chi connectivity index (χ4v) is 4.16. The van der Waals surface area contributed by atoms with Crippen molar-refractivity contribution >= 4 is 55.1 Å². The Bertz CT molecular complexity index is 1260. The van der Waals surface area contributed by atoms with Crippen molar-refractivity contribution in [1.82, 2.24) is 9.55 Å². The Labute approximate surface area is 162 Å². The molecule has 0 saturated heterocycles. The number of aryl methyl sites for hydroxylation is 1. The Morgan fingerprint density at radius 2 is 2.07 bits per heavy atom. The lowest BCUT2D eigenvalue weighted by Gasteiger charge is -2.13. The third-order valence-corrected chi connectivity index (χ3v) is 5.43. The van der Waals surface area contributed by atoms with Gasteiger partial charge < -0.3 is 9.67 Å². The van der Waals surface area contributed by atoms with Crippen molar-refractivity contribution < 1.29 is 9.90 Å². The van der Waals surface area contributed by atoms with Gasteiger partial charge >= 0.3 is 0 Å². The average molecular weight is 400 g/mol. The summed E-state index contributed by atoms with van der Waals surface area (Å²) in [6.07, 6.45) is 0. The van der Waals surface area contributed by atoms with Gasteiger partial charge in [-0.25, -0.2) is 4.98 Å². The van der Waals surface area contributed by atoms with Crippen molar-refractivity contribution in [3.05, 3.63) is 63.4 Å².